The van der Waals surface area contributed by atoms with Crippen molar-refractivity contribution in [2.45, 2.75) is 62.3 Å². The Labute approximate surface area is 379 Å². The van der Waals surface area contributed by atoms with Crippen LogP contribution in [0.5, 0.6) is 0 Å². The Bertz CT molecular complexity index is 1790. The van der Waals surface area contributed by atoms with Crippen LogP contribution in [-0.4, -0.2) is 125 Å². The summed E-state index contributed by atoms with van der Waals surface area (Å²) in [5.74, 6) is 0.924. The molecule has 5 rings (SSSR count). The number of ketones is 2. The summed E-state index contributed by atoms with van der Waals surface area (Å²) < 4.78 is 0.993. The summed E-state index contributed by atoms with van der Waals surface area (Å²) in [6.07, 6.45) is 13.6. The van der Waals surface area contributed by atoms with Gasteiger partial charge in [0.05, 0.1) is 23.6 Å². The highest BCUT2D eigenvalue weighted by Gasteiger charge is 2.04. The number of rotatable bonds is 9. The first-order chi connectivity index (χ1) is 28.7. The van der Waals surface area contributed by atoms with E-state index in [1.165, 1.54) is 58.4 Å². The van der Waals surface area contributed by atoms with Gasteiger partial charge in [-0.05, 0) is 107 Å². The molecule has 330 valence electrons. The van der Waals surface area contributed by atoms with Crippen molar-refractivity contribution in [3.8, 4) is 0 Å². The average Bonchev–Trinajstić information content (AvgIpc) is 3.28. The lowest BCUT2D eigenvalue weighted by molar-refractivity contribution is -0.106. The fourth-order valence-electron chi connectivity index (χ4n) is 3.14. The first kappa shape index (κ1) is 59.9. The predicted octanol–water partition coefficient (Wildman–Crippen LogP) is 5.10. The van der Waals surface area contributed by atoms with E-state index in [-0.39, 0.29) is 11.6 Å². The summed E-state index contributed by atoms with van der Waals surface area (Å²) in [4.78, 5) is 70.3. The van der Waals surface area contributed by atoms with Crippen molar-refractivity contribution in [1.82, 2.24) is 49.8 Å². The van der Waals surface area contributed by atoms with E-state index in [1.807, 2.05) is 24.8 Å². The molecule has 0 saturated carbocycles. The number of anilines is 2. The van der Waals surface area contributed by atoms with Crippen LogP contribution in [0.3, 0.4) is 0 Å². The van der Waals surface area contributed by atoms with Gasteiger partial charge in [0, 0.05) is 58.9 Å². The molecule has 5 heterocycles. The fraction of sp³-hybridized carbons (Fsp3) is 0.378. The Hall–Kier alpha value is -4.37. The van der Waals surface area contributed by atoms with Gasteiger partial charge in [-0.3, -0.25) is 9.59 Å². The number of aliphatic hydroxyl groups excluding tert-OH is 2. The van der Waals surface area contributed by atoms with Crippen molar-refractivity contribution in [2.75, 3.05) is 57.6 Å². The minimum absolute atomic E-state index is 0.0253. The molecule has 0 aliphatic carbocycles. The monoisotopic (exact) mass is 1000 g/mol. The number of aromatic nitrogens is 10. The largest absolute Gasteiger partial charge is 0.387 e. The van der Waals surface area contributed by atoms with Gasteiger partial charge in [0.2, 0.25) is 11.9 Å². The molecule has 0 bridgehead atoms. The number of nitrogens with zero attached hydrogens (tertiary/aromatic N) is 10. The van der Waals surface area contributed by atoms with Crippen molar-refractivity contribution in [1.29, 1.82) is 0 Å². The Morgan fingerprint density at radius 1 is 0.617 bits per heavy atom. The summed E-state index contributed by atoms with van der Waals surface area (Å²) in [6, 6.07) is 8.47. The minimum Gasteiger partial charge on any atom is -0.387 e. The van der Waals surface area contributed by atoms with Crippen molar-refractivity contribution < 1.29 is 24.6 Å². The lowest BCUT2D eigenvalue weighted by Crippen LogP contribution is -2.02. The van der Waals surface area contributed by atoms with Crippen molar-refractivity contribution in [2.24, 2.45) is 11.5 Å². The molecule has 0 fully saturated rings. The van der Waals surface area contributed by atoms with Crippen LogP contribution in [0.15, 0.2) is 76.8 Å². The fourth-order valence-corrected chi connectivity index (χ4v) is 4.77. The number of hydrogen-bond acceptors (Lipinski definition) is 22. The zero-order chi connectivity index (χ0) is 46.5. The van der Waals surface area contributed by atoms with Crippen molar-refractivity contribution in [3.63, 3.8) is 0 Å². The van der Waals surface area contributed by atoms with E-state index in [9.17, 15) is 9.59 Å². The molecule has 0 aliphatic heterocycles. The Kier molecular flexibility index (Phi) is 38.8. The maximum Gasteiger partial charge on any atom is 0.223 e. The van der Waals surface area contributed by atoms with E-state index >= 15 is 0 Å². The lowest BCUT2D eigenvalue weighted by atomic mass is 10.3. The number of nitrogens with one attached hydrogen (secondary N) is 2. The van der Waals surface area contributed by atoms with E-state index in [0.717, 1.165) is 15.1 Å². The number of halogens is 1. The van der Waals surface area contributed by atoms with Crippen LogP contribution >= 0.6 is 57.9 Å². The zero-order valence-corrected chi connectivity index (χ0v) is 40.5. The molecule has 23 heteroatoms. The van der Waals surface area contributed by atoms with Crippen LogP contribution in [0.2, 0.25) is 0 Å². The summed E-state index contributed by atoms with van der Waals surface area (Å²) in [7, 11) is 6.44. The molecule has 0 amide bonds. The summed E-state index contributed by atoms with van der Waals surface area (Å²) in [6.45, 7) is 7.77. The second kappa shape index (κ2) is 38.8. The molecule has 8 N–H and O–H groups in total. The highest BCUT2D eigenvalue weighted by molar-refractivity contribution is 14.1. The molecular weight excluding hydrogens is 944 g/mol. The molecule has 0 spiro atoms. The zero-order valence-electron chi connectivity index (χ0n) is 35.9. The number of hydrogen-bond donors (Lipinski definition) is 6. The summed E-state index contributed by atoms with van der Waals surface area (Å²) >= 11 is 6.61. The third kappa shape index (κ3) is 29.0. The number of nitrogens with two attached hydrogens (primary N) is 2. The van der Waals surface area contributed by atoms with Crippen LogP contribution in [-0.2, 0) is 4.79 Å². The average molecular weight is 1000 g/mol. The van der Waals surface area contributed by atoms with Crippen molar-refractivity contribution in [3.05, 3.63) is 87.8 Å². The van der Waals surface area contributed by atoms with E-state index in [0.29, 0.717) is 45.0 Å². The van der Waals surface area contributed by atoms with E-state index in [2.05, 4.69) is 94.5 Å². The third-order valence-electron chi connectivity index (χ3n) is 5.79. The molecule has 2 unspecified atom stereocenters. The Balaban J connectivity index is -0.000000652. The van der Waals surface area contributed by atoms with Gasteiger partial charge in [-0.15, -0.1) is 0 Å². The smallest absolute Gasteiger partial charge is 0.223 e. The predicted molar refractivity (Wildman–Crippen MR) is 251 cm³/mol. The topological polar surface area (TPSA) is 297 Å². The van der Waals surface area contributed by atoms with Crippen LogP contribution in [0.1, 0.15) is 79.2 Å². The standard InChI is InChI=1S/C7H11N3O.C7H9N3O.C7H10N2OS.C7H8N2OS.C5H5IN2S.C2H4O.2CH5N/c2*1-5(11)6-3-4-9-7(8-2)10-6;2*1-5(10)6-3-4-8-7(9-6)11-2;1-9-5-7-3-2-4(6)8-5;1-2-3;2*1-2/h3-5,11H,1-2H3,(H,8,9,10);3-4H,1-2H3,(H,8,9,10);3-5,10H,1-2H3;3-4H,1-2H3;2-3H,1H3;2H,1H3;2*2H2,1H3. The van der Waals surface area contributed by atoms with Gasteiger partial charge in [0.15, 0.2) is 27.0 Å². The van der Waals surface area contributed by atoms with Gasteiger partial charge in [-0.25, -0.2) is 49.8 Å². The van der Waals surface area contributed by atoms with Crippen molar-refractivity contribution >= 4 is 87.6 Å². The number of carbonyl (C=O) groups excluding carboxylic acids is 3. The Morgan fingerprint density at radius 2 is 0.950 bits per heavy atom. The maximum absolute atomic E-state index is 10.8. The number of aldehydes is 1. The number of aliphatic hydroxyl groups is 2. The number of thioether (sulfide) groups is 3. The normalized spacial score (nSPS) is 10.0. The quantitative estimate of drug-likeness (QED) is 0.0279. The van der Waals surface area contributed by atoms with Gasteiger partial charge in [-0.2, -0.15) is 0 Å². The molecule has 0 aromatic carbocycles. The molecule has 5 aromatic heterocycles. The van der Waals surface area contributed by atoms with Crippen LogP contribution in [0.4, 0.5) is 11.9 Å². The molecule has 2 atom stereocenters. The third-order valence-corrected chi connectivity index (χ3v) is 8.08. The lowest BCUT2D eigenvalue weighted by Gasteiger charge is -2.03. The molecule has 5 aromatic rings. The van der Waals surface area contributed by atoms with Crippen LogP contribution in [0, 0.1) is 3.70 Å². The van der Waals surface area contributed by atoms with E-state index in [1.54, 1.807) is 95.0 Å². The van der Waals surface area contributed by atoms with Gasteiger partial charge in [0.25, 0.3) is 0 Å². The van der Waals surface area contributed by atoms with Crippen LogP contribution in [0.25, 0.3) is 0 Å². The van der Waals surface area contributed by atoms with Gasteiger partial charge >= 0.3 is 0 Å². The van der Waals surface area contributed by atoms with E-state index in [4.69, 9.17) is 15.0 Å². The molecule has 0 saturated heterocycles. The second-order valence-corrected chi connectivity index (χ2v) is 13.5. The number of carbonyl (C=O) groups is 3. The SMILES string of the molecule is CC=O.CN.CN.CNc1nccc(C(C)=O)n1.CNc1nccc(C(C)O)n1.CSc1nccc(C(C)=O)n1.CSc1nccc(C(C)O)n1.CSc1nccc(I)n1. The highest BCUT2D eigenvalue weighted by Crippen LogP contribution is 2.13. The molecular formula is C37H57IN14O5S3. The van der Waals surface area contributed by atoms with E-state index < -0.39 is 12.2 Å². The number of Topliss-reactive ketones (excluding diaryl/α,β-unsaturated/α-hetero) is 2. The molecule has 0 aliphatic rings. The summed E-state index contributed by atoms with van der Waals surface area (Å²) in [5, 5.41) is 26.0. The second-order valence-electron chi connectivity index (χ2n) is 10.0. The summed E-state index contributed by atoms with van der Waals surface area (Å²) in [5.41, 5.74) is 11.2. The highest BCUT2D eigenvalue weighted by atomic mass is 127. The molecule has 0 radical (unpaired) electrons. The maximum atomic E-state index is 10.8. The molecule has 60 heavy (non-hydrogen) atoms. The Morgan fingerprint density at radius 3 is 1.33 bits per heavy atom. The molecule has 19 nitrogen and oxygen atoms in total. The first-order valence-electron chi connectivity index (χ1n) is 17.4. The minimum atomic E-state index is -0.537. The van der Waals surface area contributed by atoms with Crippen LogP contribution < -0.4 is 22.1 Å². The van der Waals surface area contributed by atoms with Gasteiger partial charge in [-0.1, -0.05) is 35.3 Å². The van der Waals surface area contributed by atoms with Gasteiger partial charge < -0.3 is 37.1 Å². The van der Waals surface area contributed by atoms with Gasteiger partial charge in [0.1, 0.15) is 21.4 Å². The first-order valence-corrected chi connectivity index (χ1v) is 22.2.